The van der Waals surface area contributed by atoms with Crippen LogP contribution in [-0.4, -0.2) is 44.1 Å². The molecule has 0 unspecified atom stereocenters. The highest BCUT2D eigenvalue weighted by Gasteiger charge is 2.29. The van der Waals surface area contributed by atoms with Gasteiger partial charge in [-0.15, -0.1) is 0 Å². The van der Waals surface area contributed by atoms with Gasteiger partial charge in [0.15, 0.2) is 0 Å². The summed E-state index contributed by atoms with van der Waals surface area (Å²) in [6.45, 7) is 4.52. The van der Waals surface area contributed by atoms with E-state index in [2.05, 4.69) is 16.0 Å². The number of nitrogens with zero attached hydrogens (tertiary/aromatic N) is 3. The van der Waals surface area contributed by atoms with E-state index in [1.54, 1.807) is 7.11 Å². The lowest BCUT2D eigenvalue weighted by molar-refractivity contribution is -0.331. The van der Waals surface area contributed by atoms with Crippen molar-refractivity contribution < 1.29 is 14.5 Å². The summed E-state index contributed by atoms with van der Waals surface area (Å²) in [7, 11) is 1.64. The standard InChI is InChI=1S/C23H22N4O2/c1-16-5-3-4-6-20(16)23(28)27-11-9-26(10-12-27)22-18(15-24)13-17-7-8-19(29-2)14-21(17)25-22/h3-8,13-14H,9-12H2,1-2H3/p+1. The van der Waals surface area contributed by atoms with Gasteiger partial charge in [0.25, 0.3) is 11.7 Å². The highest BCUT2D eigenvalue weighted by Crippen LogP contribution is 2.24. The Morgan fingerprint density at radius 3 is 2.55 bits per heavy atom. The van der Waals surface area contributed by atoms with Crippen LogP contribution >= 0.6 is 0 Å². The molecule has 1 aliphatic rings. The summed E-state index contributed by atoms with van der Waals surface area (Å²) in [6.07, 6.45) is 0. The molecule has 0 saturated carbocycles. The number of aryl methyl sites for hydroxylation is 1. The zero-order chi connectivity index (χ0) is 20.4. The van der Waals surface area contributed by atoms with Crippen LogP contribution in [-0.2, 0) is 0 Å². The van der Waals surface area contributed by atoms with E-state index in [-0.39, 0.29) is 5.91 Å². The molecular formula is C23H23N4O2+. The van der Waals surface area contributed by atoms with Crippen molar-refractivity contribution in [2.75, 3.05) is 38.2 Å². The van der Waals surface area contributed by atoms with Crippen molar-refractivity contribution in [2.45, 2.75) is 6.92 Å². The third kappa shape index (κ3) is 3.59. The Hall–Kier alpha value is -3.59. The Kier molecular flexibility index (Phi) is 5.05. The molecule has 0 spiro atoms. The van der Waals surface area contributed by atoms with Gasteiger partial charge in [-0.1, -0.05) is 18.2 Å². The number of fused-ring (bicyclic) bond motifs is 1. The number of methoxy groups -OCH3 is 1. The fourth-order valence-corrected chi connectivity index (χ4v) is 3.77. The van der Waals surface area contributed by atoms with Crippen LogP contribution in [0.15, 0.2) is 48.5 Å². The van der Waals surface area contributed by atoms with E-state index in [0.717, 1.165) is 33.6 Å². The lowest BCUT2D eigenvalue weighted by atomic mass is 10.1. The van der Waals surface area contributed by atoms with Crippen LogP contribution in [0.3, 0.4) is 0 Å². The van der Waals surface area contributed by atoms with Crippen molar-refractivity contribution in [3.05, 3.63) is 65.2 Å². The number of carbonyl (C=O) groups is 1. The van der Waals surface area contributed by atoms with E-state index < -0.39 is 0 Å². The number of nitrogens with one attached hydrogen (secondary N) is 1. The molecule has 1 aliphatic heterocycles. The summed E-state index contributed by atoms with van der Waals surface area (Å²) in [5.41, 5.74) is 3.25. The maximum absolute atomic E-state index is 12.9. The van der Waals surface area contributed by atoms with E-state index in [1.807, 2.05) is 60.4 Å². The molecule has 6 nitrogen and oxygen atoms in total. The highest BCUT2D eigenvalue weighted by molar-refractivity contribution is 5.95. The SMILES string of the molecule is COc1ccc2cc(C#N)c(N3CCN(C(=O)c4ccccc4C)CC3)[nH+]c2c1. The minimum absolute atomic E-state index is 0.0653. The first-order chi connectivity index (χ1) is 14.1. The molecule has 146 valence electrons. The van der Waals surface area contributed by atoms with Crippen LogP contribution in [0.1, 0.15) is 21.5 Å². The van der Waals surface area contributed by atoms with Gasteiger partial charge in [0, 0.05) is 17.0 Å². The minimum Gasteiger partial charge on any atom is -0.497 e. The summed E-state index contributed by atoms with van der Waals surface area (Å²) in [6, 6.07) is 17.6. The summed E-state index contributed by atoms with van der Waals surface area (Å²) in [4.78, 5) is 20.3. The number of aromatic nitrogens is 1. The van der Waals surface area contributed by atoms with Crippen LogP contribution in [0.25, 0.3) is 10.9 Å². The molecule has 1 amide bonds. The van der Waals surface area contributed by atoms with Gasteiger partial charge in [-0.05, 0) is 36.8 Å². The molecule has 2 aromatic carbocycles. The van der Waals surface area contributed by atoms with Gasteiger partial charge in [0.2, 0.25) is 0 Å². The van der Waals surface area contributed by atoms with Crippen LogP contribution < -0.4 is 14.6 Å². The van der Waals surface area contributed by atoms with Gasteiger partial charge in [0.05, 0.1) is 20.2 Å². The first kappa shape index (κ1) is 18.8. The monoisotopic (exact) mass is 387 g/mol. The number of benzene rings is 2. The maximum atomic E-state index is 12.9. The molecule has 6 heteroatoms. The average molecular weight is 387 g/mol. The summed E-state index contributed by atoms with van der Waals surface area (Å²) >= 11 is 0. The fourth-order valence-electron chi connectivity index (χ4n) is 3.77. The summed E-state index contributed by atoms with van der Waals surface area (Å²) in [5, 5.41) is 10.6. The number of hydrogen-bond donors (Lipinski definition) is 0. The van der Waals surface area contributed by atoms with E-state index in [1.165, 1.54) is 0 Å². The van der Waals surface area contributed by atoms with E-state index in [4.69, 9.17) is 4.74 Å². The number of anilines is 1. The molecule has 0 aliphatic carbocycles. The third-order valence-corrected chi connectivity index (χ3v) is 5.45. The molecule has 1 fully saturated rings. The van der Waals surface area contributed by atoms with Gasteiger partial charge in [-0.25, -0.2) is 4.98 Å². The number of carbonyl (C=O) groups excluding carboxylic acids is 1. The van der Waals surface area contributed by atoms with Crippen LogP contribution in [0.5, 0.6) is 5.75 Å². The molecule has 0 bridgehead atoms. The Labute approximate surface area is 169 Å². The Morgan fingerprint density at radius 2 is 1.86 bits per heavy atom. The molecule has 3 aromatic rings. The second-order valence-electron chi connectivity index (χ2n) is 7.19. The lowest BCUT2D eigenvalue weighted by Crippen LogP contribution is -2.50. The third-order valence-electron chi connectivity index (χ3n) is 5.45. The normalized spacial score (nSPS) is 14.0. The molecule has 1 N–H and O–H groups in total. The molecule has 29 heavy (non-hydrogen) atoms. The number of piperazine rings is 1. The number of H-pyrrole nitrogens is 1. The van der Waals surface area contributed by atoms with Crippen molar-refractivity contribution in [2.24, 2.45) is 0 Å². The van der Waals surface area contributed by atoms with Gasteiger partial charge in [-0.3, -0.25) is 9.69 Å². The molecular weight excluding hydrogens is 364 g/mol. The second kappa shape index (κ2) is 7.80. The minimum atomic E-state index is 0.0653. The Balaban J connectivity index is 1.56. The molecule has 0 atom stereocenters. The lowest BCUT2D eigenvalue weighted by Gasteiger charge is -2.31. The number of nitriles is 1. The number of ether oxygens (including phenoxy) is 1. The predicted molar refractivity (Wildman–Crippen MR) is 111 cm³/mol. The van der Waals surface area contributed by atoms with Crippen molar-refractivity contribution >= 4 is 22.6 Å². The van der Waals surface area contributed by atoms with Crippen LogP contribution in [0, 0.1) is 18.3 Å². The second-order valence-corrected chi connectivity index (χ2v) is 7.19. The molecule has 1 saturated heterocycles. The molecule has 2 heterocycles. The molecule has 1 aromatic heterocycles. The Bertz CT molecular complexity index is 1110. The zero-order valence-corrected chi connectivity index (χ0v) is 16.6. The van der Waals surface area contributed by atoms with Crippen molar-refractivity contribution in [1.29, 1.82) is 5.26 Å². The molecule has 4 rings (SSSR count). The van der Waals surface area contributed by atoms with Gasteiger partial charge in [0.1, 0.15) is 36.0 Å². The fraction of sp³-hybridized carbons (Fsp3) is 0.261. The summed E-state index contributed by atoms with van der Waals surface area (Å²) in [5.74, 6) is 1.62. The van der Waals surface area contributed by atoms with Crippen molar-refractivity contribution in [3.63, 3.8) is 0 Å². The number of pyridine rings is 1. The number of aromatic amines is 1. The first-order valence-corrected chi connectivity index (χ1v) is 9.64. The molecule has 0 radical (unpaired) electrons. The van der Waals surface area contributed by atoms with Gasteiger partial charge < -0.3 is 9.64 Å². The average Bonchev–Trinajstić information content (AvgIpc) is 2.77. The van der Waals surface area contributed by atoms with E-state index in [9.17, 15) is 10.1 Å². The van der Waals surface area contributed by atoms with Crippen molar-refractivity contribution in [3.8, 4) is 11.8 Å². The summed E-state index contributed by atoms with van der Waals surface area (Å²) < 4.78 is 5.31. The van der Waals surface area contributed by atoms with E-state index >= 15 is 0 Å². The van der Waals surface area contributed by atoms with Crippen LogP contribution in [0.2, 0.25) is 0 Å². The smallest absolute Gasteiger partial charge is 0.293 e. The predicted octanol–water partition coefficient (Wildman–Crippen LogP) is 2.81. The van der Waals surface area contributed by atoms with E-state index in [0.29, 0.717) is 31.7 Å². The zero-order valence-electron chi connectivity index (χ0n) is 16.6. The quantitative estimate of drug-likeness (QED) is 0.693. The Morgan fingerprint density at radius 1 is 1.10 bits per heavy atom. The van der Waals surface area contributed by atoms with Gasteiger partial charge >= 0.3 is 0 Å². The number of amides is 1. The van der Waals surface area contributed by atoms with Crippen LogP contribution in [0.4, 0.5) is 5.82 Å². The maximum Gasteiger partial charge on any atom is 0.293 e. The number of rotatable bonds is 3. The largest absolute Gasteiger partial charge is 0.497 e. The van der Waals surface area contributed by atoms with Crippen molar-refractivity contribution in [1.82, 2.24) is 4.90 Å². The number of hydrogen-bond acceptors (Lipinski definition) is 4. The highest BCUT2D eigenvalue weighted by atomic mass is 16.5. The topological polar surface area (TPSA) is 70.7 Å². The van der Waals surface area contributed by atoms with Gasteiger partial charge in [-0.2, -0.15) is 5.26 Å². The first-order valence-electron chi connectivity index (χ1n) is 9.64.